The number of ether oxygens (including phenoxy) is 2. The summed E-state index contributed by atoms with van der Waals surface area (Å²) < 4.78 is 17.4. The molecule has 0 aromatic carbocycles. The summed E-state index contributed by atoms with van der Waals surface area (Å²) in [6, 6.07) is 0. The van der Waals surface area contributed by atoms with Crippen molar-refractivity contribution in [2.75, 3.05) is 19.8 Å². The Balaban J connectivity index is 2.04. The van der Waals surface area contributed by atoms with E-state index in [1.165, 1.54) is 6.42 Å². The Morgan fingerprint density at radius 2 is 1.88 bits per heavy atom. The summed E-state index contributed by atoms with van der Waals surface area (Å²) in [5.41, 5.74) is 0. The van der Waals surface area contributed by atoms with Crippen LogP contribution in [0.25, 0.3) is 0 Å². The van der Waals surface area contributed by atoms with E-state index in [0.717, 1.165) is 51.7 Å². The number of Topliss-reactive ketones (excluding diaryl/α,β-unsaturated/α-hetero) is 1. The van der Waals surface area contributed by atoms with E-state index < -0.39 is 8.32 Å². The van der Waals surface area contributed by atoms with Crippen molar-refractivity contribution in [2.24, 2.45) is 0 Å². The molecule has 154 valence electrons. The summed E-state index contributed by atoms with van der Waals surface area (Å²) in [5, 5.41) is 0.174. The minimum Gasteiger partial charge on any atom is -0.415 e. The number of hydrogen-bond acceptors (Lipinski definition) is 4. The van der Waals surface area contributed by atoms with E-state index in [0.29, 0.717) is 13.0 Å². The summed E-state index contributed by atoms with van der Waals surface area (Å²) in [5.74, 6) is 0.260. The molecule has 0 aliphatic carbocycles. The van der Waals surface area contributed by atoms with E-state index in [2.05, 4.69) is 49.8 Å². The van der Waals surface area contributed by atoms with Gasteiger partial charge in [-0.1, -0.05) is 49.5 Å². The highest BCUT2D eigenvalue weighted by Crippen LogP contribution is 2.36. The minimum atomic E-state index is -1.79. The predicted octanol–water partition coefficient (Wildman–Crippen LogP) is 5.83. The molecule has 0 spiro atoms. The van der Waals surface area contributed by atoms with Crippen molar-refractivity contribution in [3.05, 3.63) is 0 Å². The molecule has 0 aromatic rings. The molecule has 0 N–H and O–H groups in total. The molecule has 0 bridgehead atoms. The maximum absolute atomic E-state index is 12.3. The Hall–Kier alpha value is 0.247. The lowest BCUT2D eigenvalue weighted by atomic mass is 10.1. The molecule has 4 nitrogen and oxygen atoms in total. The van der Waals surface area contributed by atoms with Crippen LogP contribution in [0.1, 0.15) is 72.1 Å². The van der Waals surface area contributed by atoms with Gasteiger partial charge in [-0.3, -0.25) is 4.79 Å². The number of hydrogen-bond donors (Lipinski definition) is 0. The van der Waals surface area contributed by atoms with Gasteiger partial charge in [-0.15, -0.1) is 0 Å². The predicted molar refractivity (Wildman–Crippen MR) is 113 cm³/mol. The van der Waals surface area contributed by atoms with Crippen molar-refractivity contribution in [3.8, 4) is 0 Å². The number of carbonyl (C=O) groups is 1. The second kappa shape index (κ2) is 11.9. The number of ketones is 1. The van der Waals surface area contributed by atoms with Gasteiger partial charge >= 0.3 is 0 Å². The van der Waals surface area contributed by atoms with Gasteiger partial charge in [0.15, 0.2) is 14.6 Å². The molecular formula is C20H39BrO4Si. The number of halogens is 1. The fourth-order valence-corrected chi connectivity index (χ4v) is 4.18. The van der Waals surface area contributed by atoms with Crippen LogP contribution in [-0.2, 0) is 18.7 Å². The summed E-state index contributed by atoms with van der Waals surface area (Å²) in [4.78, 5) is 12.1. The number of carbonyl (C=O) groups excluding carboxylic acids is 1. The molecular weight excluding hydrogens is 412 g/mol. The van der Waals surface area contributed by atoms with Crippen LogP contribution in [-0.4, -0.2) is 45.0 Å². The molecule has 26 heavy (non-hydrogen) atoms. The average Bonchev–Trinajstić information content (AvgIpc) is 2.58. The largest absolute Gasteiger partial charge is 0.415 e. The Labute approximate surface area is 170 Å². The number of unbranched alkanes of at least 4 members (excludes halogenated alkanes) is 3. The fraction of sp³-hybridized carbons (Fsp3) is 0.950. The van der Waals surface area contributed by atoms with Crippen LogP contribution in [0.5, 0.6) is 0 Å². The lowest BCUT2D eigenvalue weighted by Gasteiger charge is -2.36. The van der Waals surface area contributed by atoms with E-state index in [-0.39, 0.29) is 21.9 Å². The third-order valence-electron chi connectivity index (χ3n) is 5.51. The molecule has 0 amide bonds. The number of rotatable bonds is 12. The van der Waals surface area contributed by atoms with Gasteiger partial charge in [0, 0.05) is 19.6 Å². The molecule has 2 atom stereocenters. The van der Waals surface area contributed by atoms with Crippen LogP contribution < -0.4 is 0 Å². The quantitative estimate of drug-likeness (QED) is 0.213. The Morgan fingerprint density at radius 3 is 2.50 bits per heavy atom. The normalized spacial score (nSPS) is 20.2. The monoisotopic (exact) mass is 450 g/mol. The van der Waals surface area contributed by atoms with Crippen LogP contribution in [0.3, 0.4) is 0 Å². The molecule has 1 rings (SSSR count). The third-order valence-corrected chi connectivity index (χ3v) is 10.8. The smallest absolute Gasteiger partial charge is 0.192 e. The van der Waals surface area contributed by atoms with Gasteiger partial charge in [0.25, 0.3) is 0 Å². The zero-order valence-corrected chi connectivity index (χ0v) is 20.0. The van der Waals surface area contributed by atoms with Crippen LogP contribution in [0.2, 0.25) is 18.1 Å². The first-order chi connectivity index (χ1) is 12.1. The summed E-state index contributed by atoms with van der Waals surface area (Å²) in [6.45, 7) is 13.2. The topological polar surface area (TPSA) is 44.8 Å². The Bertz CT molecular complexity index is 403. The minimum absolute atomic E-state index is 0.0142. The van der Waals surface area contributed by atoms with Gasteiger partial charge in [-0.05, 0) is 50.2 Å². The zero-order chi connectivity index (χ0) is 19.6. The summed E-state index contributed by atoms with van der Waals surface area (Å²) in [7, 11) is -1.79. The van der Waals surface area contributed by atoms with Gasteiger partial charge in [0.1, 0.15) is 5.78 Å². The Morgan fingerprint density at radius 1 is 1.19 bits per heavy atom. The van der Waals surface area contributed by atoms with Gasteiger partial charge in [-0.2, -0.15) is 0 Å². The standard InChI is InChI=1S/C20H39BrO4Si/c1-20(2,3)26(4,5)25-16-17(21)18(22)12-8-6-7-10-14-23-19-13-9-11-15-24-19/h17,19H,6-16H2,1-5H3. The van der Waals surface area contributed by atoms with Crippen molar-refractivity contribution in [1.82, 2.24) is 0 Å². The van der Waals surface area contributed by atoms with E-state index in [1.54, 1.807) is 0 Å². The first-order valence-electron chi connectivity index (χ1n) is 10.2. The first kappa shape index (κ1) is 24.3. The maximum atomic E-state index is 12.3. The molecule has 6 heteroatoms. The highest BCUT2D eigenvalue weighted by Gasteiger charge is 2.37. The molecule has 2 unspecified atom stereocenters. The van der Waals surface area contributed by atoms with Crippen molar-refractivity contribution >= 4 is 30.0 Å². The van der Waals surface area contributed by atoms with Crippen molar-refractivity contribution in [2.45, 2.75) is 101 Å². The van der Waals surface area contributed by atoms with Crippen molar-refractivity contribution in [3.63, 3.8) is 0 Å². The van der Waals surface area contributed by atoms with Gasteiger partial charge in [0.2, 0.25) is 0 Å². The molecule has 0 radical (unpaired) electrons. The molecule has 0 aromatic heterocycles. The highest BCUT2D eigenvalue weighted by molar-refractivity contribution is 9.10. The molecule has 0 saturated carbocycles. The van der Waals surface area contributed by atoms with Crippen LogP contribution in [0, 0.1) is 0 Å². The average molecular weight is 452 g/mol. The lowest BCUT2D eigenvalue weighted by Crippen LogP contribution is -2.42. The van der Waals surface area contributed by atoms with Gasteiger partial charge in [-0.25, -0.2) is 0 Å². The van der Waals surface area contributed by atoms with E-state index in [1.807, 2.05) is 0 Å². The third kappa shape index (κ3) is 9.45. The van der Waals surface area contributed by atoms with Crippen LogP contribution in [0.15, 0.2) is 0 Å². The van der Waals surface area contributed by atoms with E-state index in [9.17, 15) is 4.79 Å². The number of alkyl halides is 1. The maximum Gasteiger partial charge on any atom is 0.192 e. The second-order valence-electron chi connectivity index (χ2n) is 8.84. The zero-order valence-electron chi connectivity index (χ0n) is 17.4. The highest BCUT2D eigenvalue weighted by atomic mass is 79.9. The molecule has 1 saturated heterocycles. The molecule has 1 heterocycles. The van der Waals surface area contributed by atoms with Crippen molar-refractivity contribution in [1.29, 1.82) is 0 Å². The van der Waals surface area contributed by atoms with Crippen LogP contribution >= 0.6 is 15.9 Å². The van der Waals surface area contributed by atoms with Crippen molar-refractivity contribution < 1.29 is 18.7 Å². The van der Waals surface area contributed by atoms with Gasteiger partial charge < -0.3 is 13.9 Å². The molecule has 1 fully saturated rings. The summed E-state index contributed by atoms with van der Waals surface area (Å²) in [6.07, 6.45) is 8.20. The Kier molecular flexibility index (Phi) is 11.2. The molecule has 1 aliphatic rings. The molecule has 1 aliphatic heterocycles. The SMILES string of the molecule is CC(C)(C)[Si](C)(C)OCC(Br)C(=O)CCCCCCOC1CCCCO1. The fourth-order valence-electron chi connectivity index (χ4n) is 2.56. The van der Waals surface area contributed by atoms with E-state index in [4.69, 9.17) is 13.9 Å². The van der Waals surface area contributed by atoms with Gasteiger partial charge in [0.05, 0.1) is 11.4 Å². The first-order valence-corrected chi connectivity index (χ1v) is 14.0. The lowest BCUT2D eigenvalue weighted by molar-refractivity contribution is -0.162. The van der Waals surface area contributed by atoms with E-state index >= 15 is 0 Å². The summed E-state index contributed by atoms with van der Waals surface area (Å²) >= 11 is 3.51. The second-order valence-corrected chi connectivity index (χ2v) is 14.8. The van der Waals surface area contributed by atoms with Crippen LogP contribution in [0.4, 0.5) is 0 Å².